The van der Waals surface area contributed by atoms with E-state index in [4.69, 9.17) is 19.0 Å². The van der Waals surface area contributed by atoms with Crippen LogP contribution in [-0.4, -0.2) is 38.2 Å². The van der Waals surface area contributed by atoms with Gasteiger partial charge in [-0.3, -0.25) is 0 Å². The first kappa shape index (κ1) is 22.6. The molecule has 1 aromatic carbocycles. The van der Waals surface area contributed by atoms with E-state index in [0.29, 0.717) is 13.2 Å². The fraction of sp³-hybridized carbons (Fsp3) is 0.500. The standard InChI is InChI=1S/C22H31NO4/c1-8-9-12-25-21-13-16(2)22(17(3)14-21)27-20(6)11-10-19(5)26-15-18(4)23-24-7/h8-9,13-14,19-20H,12,15H2,1-7H3/b9-8+,23-18+. The Kier molecular flexibility index (Phi) is 10.1. The van der Waals surface area contributed by atoms with Crippen molar-refractivity contribution >= 4 is 5.71 Å². The molecule has 148 valence electrons. The molecular formula is C22H31NO4. The van der Waals surface area contributed by atoms with Gasteiger partial charge in [0.1, 0.15) is 31.3 Å². The normalized spacial score (nSPS) is 13.7. The maximum atomic E-state index is 6.03. The van der Waals surface area contributed by atoms with Crippen molar-refractivity contribution in [3.63, 3.8) is 0 Å². The highest BCUT2D eigenvalue weighted by molar-refractivity contribution is 5.82. The van der Waals surface area contributed by atoms with Crippen molar-refractivity contribution in [2.75, 3.05) is 20.3 Å². The molecule has 27 heavy (non-hydrogen) atoms. The summed E-state index contributed by atoms with van der Waals surface area (Å²) in [6.45, 7) is 12.6. The van der Waals surface area contributed by atoms with Gasteiger partial charge in [0, 0.05) is 0 Å². The van der Waals surface area contributed by atoms with Gasteiger partial charge in [-0.05, 0) is 64.8 Å². The first-order valence-electron chi connectivity index (χ1n) is 9.08. The van der Waals surface area contributed by atoms with Crippen LogP contribution in [0, 0.1) is 25.7 Å². The zero-order chi connectivity index (χ0) is 20.2. The van der Waals surface area contributed by atoms with Gasteiger partial charge in [-0.1, -0.05) is 29.1 Å². The molecule has 0 saturated carbocycles. The topological polar surface area (TPSA) is 49.3 Å². The highest BCUT2D eigenvalue weighted by Gasteiger charge is 2.10. The van der Waals surface area contributed by atoms with Crippen LogP contribution in [0.25, 0.3) is 0 Å². The summed E-state index contributed by atoms with van der Waals surface area (Å²) in [4.78, 5) is 4.70. The Morgan fingerprint density at radius 2 is 1.78 bits per heavy atom. The lowest BCUT2D eigenvalue weighted by Gasteiger charge is -2.16. The van der Waals surface area contributed by atoms with Crippen molar-refractivity contribution in [3.05, 3.63) is 35.4 Å². The molecule has 0 N–H and O–H groups in total. The van der Waals surface area contributed by atoms with Gasteiger partial charge in [0.15, 0.2) is 6.10 Å². The van der Waals surface area contributed by atoms with Crippen molar-refractivity contribution < 1.29 is 19.0 Å². The van der Waals surface area contributed by atoms with Gasteiger partial charge in [0.2, 0.25) is 0 Å². The molecule has 0 aliphatic carbocycles. The van der Waals surface area contributed by atoms with Crippen molar-refractivity contribution in [3.8, 4) is 23.3 Å². The summed E-state index contributed by atoms with van der Waals surface area (Å²) in [5.74, 6) is 7.83. The fourth-order valence-corrected chi connectivity index (χ4v) is 2.33. The molecule has 0 aliphatic rings. The second-order valence-electron chi connectivity index (χ2n) is 6.28. The van der Waals surface area contributed by atoms with E-state index in [1.165, 1.54) is 7.11 Å². The Morgan fingerprint density at radius 3 is 2.37 bits per heavy atom. The maximum absolute atomic E-state index is 6.03. The summed E-state index contributed by atoms with van der Waals surface area (Å²) < 4.78 is 17.3. The van der Waals surface area contributed by atoms with Crippen LogP contribution < -0.4 is 9.47 Å². The van der Waals surface area contributed by atoms with Gasteiger partial charge < -0.3 is 19.0 Å². The Balaban J connectivity index is 2.66. The lowest BCUT2D eigenvalue weighted by atomic mass is 10.1. The molecule has 0 radical (unpaired) electrons. The van der Waals surface area contributed by atoms with Crippen molar-refractivity contribution in [2.45, 2.75) is 53.8 Å². The van der Waals surface area contributed by atoms with E-state index in [-0.39, 0.29) is 12.2 Å². The zero-order valence-electron chi connectivity index (χ0n) is 17.5. The lowest BCUT2D eigenvalue weighted by Crippen LogP contribution is -2.15. The Hall–Kier alpha value is -2.45. The molecule has 0 saturated heterocycles. The predicted octanol–water partition coefficient (Wildman–Crippen LogP) is 4.46. The second kappa shape index (κ2) is 12.0. The number of allylic oxidation sites excluding steroid dienone is 1. The van der Waals surface area contributed by atoms with Gasteiger partial charge in [0.25, 0.3) is 0 Å². The summed E-state index contributed by atoms with van der Waals surface area (Å²) in [5, 5.41) is 3.80. The third-order valence-corrected chi connectivity index (χ3v) is 3.59. The fourth-order valence-electron chi connectivity index (χ4n) is 2.33. The molecule has 5 heteroatoms. The number of benzene rings is 1. The Morgan fingerprint density at radius 1 is 1.15 bits per heavy atom. The second-order valence-corrected chi connectivity index (χ2v) is 6.28. The van der Waals surface area contributed by atoms with Crippen LogP contribution in [0.4, 0.5) is 0 Å². The van der Waals surface area contributed by atoms with Crippen LogP contribution in [0.1, 0.15) is 38.8 Å². The average Bonchev–Trinajstić information content (AvgIpc) is 2.62. The minimum Gasteiger partial charge on any atom is -0.490 e. The largest absolute Gasteiger partial charge is 0.490 e. The third kappa shape index (κ3) is 8.65. The van der Waals surface area contributed by atoms with Gasteiger partial charge in [-0.2, -0.15) is 0 Å². The number of hydrogen-bond donors (Lipinski definition) is 0. The number of oxime groups is 1. The Labute approximate surface area is 163 Å². The molecule has 0 fully saturated rings. The lowest BCUT2D eigenvalue weighted by molar-refractivity contribution is 0.132. The number of nitrogens with zero attached hydrogens (tertiary/aromatic N) is 1. The quantitative estimate of drug-likeness (QED) is 0.278. The average molecular weight is 373 g/mol. The van der Waals surface area contributed by atoms with Crippen LogP contribution in [0.2, 0.25) is 0 Å². The highest BCUT2D eigenvalue weighted by atomic mass is 16.6. The van der Waals surface area contributed by atoms with Crippen LogP contribution in [0.3, 0.4) is 0 Å². The van der Waals surface area contributed by atoms with E-state index >= 15 is 0 Å². The van der Waals surface area contributed by atoms with Gasteiger partial charge in [-0.15, -0.1) is 0 Å². The molecule has 0 aliphatic heterocycles. The van der Waals surface area contributed by atoms with Crippen LogP contribution in [-0.2, 0) is 9.57 Å². The number of aryl methyl sites for hydroxylation is 2. The molecular weight excluding hydrogens is 342 g/mol. The molecule has 0 heterocycles. The minimum absolute atomic E-state index is 0.220. The third-order valence-electron chi connectivity index (χ3n) is 3.59. The van der Waals surface area contributed by atoms with Crippen molar-refractivity contribution in [2.24, 2.45) is 5.16 Å². The van der Waals surface area contributed by atoms with Gasteiger partial charge >= 0.3 is 0 Å². The number of ether oxygens (including phenoxy) is 3. The van der Waals surface area contributed by atoms with Crippen LogP contribution >= 0.6 is 0 Å². The summed E-state index contributed by atoms with van der Waals surface area (Å²) >= 11 is 0. The zero-order valence-corrected chi connectivity index (χ0v) is 17.5. The molecule has 5 nitrogen and oxygen atoms in total. The summed E-state index contributed by atoms with van der Waals surface area (Å²) in [5.41, 5.74) is 2.81. The molecule has 0 amide bonds. The predicted molar refractivity (Wildman–Crippen MR) is 110 cm³/mol. The van der Waals surface area contributed by atoms with Gasteiger partial charge in [0.05, 0.1) is 12.3 Å². The van der Waals surface area contributed by atoms with E-state index < -0.39 is 0 Å². The van der Waals surface area contributed by atoms with E-state index in [1.807, 2.05) is 65.8 Å². The molecule has 1 aromatic rings. The van der Waals surface area contributed by atoms with Crippen molar-refractivity contribution in [1.82, 2.24) is 0 Å². The summed E-state index contributed by atoms with van der Waals surface area (Å²) in [7, 11) is 1.51. The number of hydrogen-bond acceptors (Lipinski definition) is 5. The van der Waals surface area contributed by atoms with Crippen molar-refractivity contribution in [1.29, 1.82) is 0 Å². The van der Waals surface area contributed by atoms with Crippen LogP contribution in [0.5, 0.6) is 11.5 Å². The monoisotopic (exact) mass is 373 g/mol. The SMILES string of the molecule is C/C=C/COc1cc(C)c(OC(C)C#CC(C)OC/C(C)=N/OC)c(C)c1. The van der Waals surface area contributed by atoms with E-state index in [9.17, 15) is 0 Å². The first-order valence-corrected chi connectivity index (χ1v) is 9.08. The molecule has 1 rings (SSSR count). The van der Waals surface area contributed by atoms with Gasteiger partial charge in [-0.25, -0.2) is 0 Å². The van der Waals surface area contributed by atoms with E-state index in [0.717, 1.165) is 28.3 Å². The maximum Gasteiger partial charge on any atom is 0.156 e. The molecule has 0 bridgehead atoms. The molecule has 0 aromatic heterocycles. The van der Waals surface area contributed by atoms with Crippen LogP contribution in [0.15, 0.2) is 29.4 Å². The smallest absolute Gasteiger partial charge is 0.156 e. The van der Waals surface area contributed by atoms with E-state index in [2.05, 4.69) is 17.0 Å². The molecule has 2 unspecified atom stereocenters. The Bertz CT molecular complexity index is 690. The molecule has 0 spiro atoms. The highest BCUT2D eigenvalue weighted by Crippen LogP contribution is 2.29. The summed E-state index contributed by atoms with van der Waals surface area (Å²) in [6, 6.07) is 3.96. The minimum atomic E-state index is -0.253. The molecule has 2 atom stereocenters. The summed E-state index contributed by atoms with van der Waals surface area (Å²) in [6.07, 6.45) is 3.46. The first-order chi connectivity index (χ1) is 12.9. The van der Waals surface area contributed by atoms with E-state index in [1.54, 1.807) is 0 Å². The number of rotatable bonds is 9.